The van der Waals surface area contributed by atoms with Crippen LogP contribution in [0.2, 0.25) is 0 Å². The molecule has 3 nitrogen and oxygen atoms in total. The van der Waals surface area contributed by atoms with Gasteiger partial charge in [-0.3, -0.25) is 0 Å². The summed E-state index contributed by atoms with van der Waals surface area (Å²) in [4.78, 5) is 0. The average Bonchev–Trinajstić information content (AvgIpc) is 3.18. The van der Waals surface area contributed by atoms with E-state index in [2.05, 4.69) is 36.4 Å². The van der Waals surface area contributed by atoms with Crippen molar-refractivity contribution in [1.29, 1.82) is 0 Å². The summed E-state index contributed by atoms with van der Waals surface area (Å²) in [6.07, 6.45) is 11.0. The van der Waals surface area contributed by atoms with Gasteiger partial charge in [-0.1, -0.05) is 67.8 Å². The smallest absolute Gasteiger partial charge is 0.119 e. The van der Waals surface area contributed by atoms with E-state index >= 15 is 0 Å². The number of benzene rings is 2. The van der Waals surface area contributed by atoms with Crippen LogP contribution in [0.15, 0.2) is 54.6 Å². The molecule has 0 bridgehead atoms. The lowest BCUT2D eigenvalue weighted by molar-refractivity contribution is 0.0823. The van der Waals surface area contributed by atoms with E-state index in [4.69, 9.17) is 10.5 Å². The van der Waals surface area contributed by atoms with Gasteiger partial charge in [0.05, 0.1) is 12.7 Å². The molecule has 3 N–H and O–H groups in total. The molecule has 2 unspecified atom stereocenters. The number of aliphatic hydroxyl groups excluding tert-OH is 1. The van der Waals surface area contributed by atoms with Gasteiger partial charge < -0.3 is 15.6 Å². The molecule has 0 heterocycles. The van der Waals surface area contributed by atoms with Gasteiger partial charge in [0.2, 0.25) is 0 Å². The van der Waals surface area contributed by atoms with E-state index in [1.54, 1.807) is 0 Å². The van der Waals surface area contributed by atoms with Crippen LogP contribution in [-0.2, 0) is 0 Å². The molecule has 2 aliphatic carbocycles. The third-order valence-electron chi connectivity index (χ3n) is 6.52. The van der Waals surface area contributed by atoms with Gasteiger partial charge in [0.15, 0.2) is 0 Å². The molecule has 0 amide bonds. The molecule has 1 fully saturated rings. The highest BCUT2D eigenvalue weighted by Crippen LogP contribution is 2.51. The Morgan fingerprint density at radius 2 is 1.89 bits per heavy atom. The number of hydrogen-bond acceptors (Lipinski definition) is 3. The van der Waals surface area contributed by atoms with Crippen LogP contribution >= 0.6 is 0 Å². The first-order valence-electron chi connectivity index (χ1n) is 10.6. The Hall–Kier alpha value is -2.10. The summed E-state index contributed by atoms with van der Waals surface area (Å²) in [6.45, 7) is 1.19. The normalized spacial score (nSPS) is 21.3. The topological polar surface area (TPSA) is 55.5 Å². The maximum atomic E-state index is 10.2. The van der Waals surface area contributed by atoms with Crippen LogP contribution in [0.5, 0.6) is 5.75 Å². The Bertz CT molecular complexity index is 823. The summed E-state index contributed by atoms with van der Waals surface area (Å²) in [5.41, 5.74) is 9.41. The molecule has 2 aromatic carbocycles. The lowest BCUT2D eigenvalue weighted by atomic mass is 9.65. The van der Waals surface area contributed by atoms with Gasteiger partial charge in [-0.2, -0.15) is 0 Å². The van der Waals surface area contributed by atoms with E-state index in [1.165, 1.54) is 43.2 Å². The number of hydrogen-bond donors (Lipinski definition) is 2. The maximum Gasteiger partial charge on any atom is 0.119 e. The number of fused-ring (bicyclic) bond motifs is 1. The van der Waals surface area contributed by atoms with Crippen LogP contribution in [0, 0.1) is 5.41 Å². The lowest BCUT2D eigenvalue weighted by Gasteiger charge is -2.42. The highest BCUT2D eigenvalue weighted by Gasteiger charge is 2.42. The molecule has 3 heteroatoms. The summed E-state index contributed by atoms with van der Waals surface area (Å²) in [5.74, 6) is 1.27. The van der Waals surface area contributed by atoms with Gasteiger partial charge in [0.25, 0.3) is 0 Å². The summed E-state index contributed by atoms with van der Waals surface area (Å²) >= 11 is 0. The van der Waals surface area contributed by atoms with Crippen molar-refractivity contribution in [2.24, 2.45) is 11.1 Å². The molecule has 0 spiro atoms. The van der Waals surface area contributed by atoms with E-state index in [1.807, 2.05) is 24.3 Å². The molecule has 2 aliphatic rings. The average molecular weight is 378 g/mol. The number of ether oxygens (including phenoxy) is 1. The van der Waals surface area contributed by atoms with Crippen molar-refractivity contribution >= 4 is 6.08 Å². The minimum atomic E-state index is -0.526. The van der Waals surface area contributed by atoms with E-state index in [0.29, 0.717) is 25.5 Å². The molecule has 4 rings (SSSR count). The van der Waals surface area contributed by atoms with E-state index in [0.717, 1.165) is 11.3 Å². The summed E-state index contributed by atoms with van der Waals surface area (Å²) in [7, 11) is 0. The molecule has 2 atom stereocenters. The minimum Gasteiger partial charge on any atom is -0.493 e. The predicted molar refractivity (Wildman–Crippen MR) is 114 cm³/mol. The van der Waals surface area contributed by atoms with Crippen LogP contribution in [0.3, 0.4) is 0 Å². The Morgan fingerprint density at radius 3 is 2.71 bits per heavy atom. The Morgan fingerprint density at radius 1 is 1.07 bits per heavy atom. The molecular weight excluding hydrogens is 346 g/mol. The van der Waals surface area contributed by atoms with E-state index < -0.39 is 6.10 Å². The molecule has 0 aliphatic heterocycles. The van der Waals surface area contributed by atoms with Gasteiger partial charge in [-0.25, -0.2) is 0 Å². The van der Waals surface area contributed by atoms with Crippen LogP contribution in [0.25, 0.3) is 6.08 Å². The van der Waals surface area contributed by atoms with Crippen LogP contribution in [0.1, 0.15) is 67.2 Å². The molecule has 28 heavy (non-hydrogen) atoms. The molecule has 148 valence electrons. The fourth-order valence-electron chi connectivity index (χ4n) is 4.95. The zero-order chi connectivity index (χ0) is 19.4. The third kappa shape index (κ3) is 3.87. The van der Waals surface area contributed by atoms with Gasteiger partial charge in [0.1, 0.15) is 5.75 Å². The highest BCUT2D eigenvalue weighted by molar-refractivity contribution is 5.63. The third-order valence-corrected chi connectivity index (χ3v) is 6.52. The maximum absolute atomic E-state index is 10.2. The second kappa shape index (κ2) is 8.50. The number of nitrogens with two attached hydrogens (primary N) is 1. The van der Waals surface area contributed by atoms with Gasteiger partial charge >= 0.3 is 0 Å². The van der Waals surface area contributed by atoms with Crippen molar-refractivity contribution in [3.05, 3.63) is 71.3 Å². The highest BCUT2D eigenvalue weighted by atomic mass is 16.5. The van der Waals surface area contributed by atoms with Crippen molar-refractivity contribution in [3.63, 3.8) is 0 Å². The molecule has 2 aromatic rings. The fraction of sp³-hybridized carbons (Fsp3) is 0.440. The van der Waals surface area contributed by atoms with Crippen LogP contribution < -0.4 is 10.5 Å². The number of rotatable bonds is 7. The Labute approximate surface area is 168 Å². The second-order valence-electron chi connectivity index (χ2n) is 8.34. The number of allylic oxidation sites excluding steroid dienone is 1. The molecule has 0 saturated heterocycles. The first kappa shape index (κ1) is 19.2. The fourth-order valence-corrected chi connectivity index (χ4v) is 4.95. The quantitative estimate of drug-likeness (QED) is 0.696. The van der Waals surface area contributed by atoms with Crippen molar-refractivity contribution in [2.75, 3.05) is 13.2 Å². The molecule has 0 radical (unpaired) electrons. The first-order valence-corrected chi connectivity index (χ1v) is 10.6. The van der Waals surface area contributed by atoms with E-state index in [9.17, 15) is 5.11 Å². The molecule has 0 aromatic heterocycles. The summed E-state index contributed by atoms with van der Waals surface area (Å²) in [5, 5.41) is 10.2. The van der Waals surface area contributed by atoms with E-state index in [-0.39, 0.29) is 5.41 Å². The predicted octanol–water partition coefficient (Wildman–Crippen LogP) is 5.21. The van der Waals surface area contributed by atoms with Crippen molar-refractivity contribution < 1.29 is 9.84 Å². The van der Waals surface area contributed by atoms with Gasteiger partial charge in [0, 0.05) is 11.3 Å². The summed E-state index contributed by atoms with van der Waals surface area (Å²) < 4.78 is 6.37. The van der Waals surface area contributed by atoms with Gasteiger partial charge in [-0.15, -0.1) is 0 Å². The molecule has 1 saturated carbocycles. The monoisotopic (exact) mass is 377 g/mol. The molecular formula is C25H31NO2. The zero-order valence-electron chi connectivity index (χ0n) is 16.5. The van der Waals surface area contributed by atoms with Crippen molar-refractivity contribution in [3.8, 4) is 5.75 Å². The largest absolute Gasteiger partial charge is 0.493 e. The Balaban J connectivity index is 1.54. The van der Waals surface area contributed by atoms with Crippen molar-refractivity contribution in [1.82, 2.24) is 0 Å². The second-order valence-corrected chi connectivity index (χ2v) is 8.34. The first-order chi connectivity index (χ1) is 13.7. The van der Waals surface area contributed by atoms with Crippen LogP contribution in [0.4, 0.5) is 0 Å². The lowest BCUT2D eigenvalue weighted by Crippen LogP contribution is -2.36. The minimum absolute atomic E-state index is 0.146. The summed E-state index contributed by atoms with van der Waals surface area (Å²) in [6, 6.07) is 16.6. The zero-order valence-corrected chi connectivity index (χ0v) is 16.5. The van der Waals surface area contributed by atoms with Gasteiger partial charge in [-0.05, 0) is 54.6 Å². The van der Waals surface area contributed by atoms with Crippen LogP contribution in [-0.4, -0.2) is 18.3 Å². The van der Waals surface area contributed by atoms with Crippen molar-refractivity contribution in [2.45, 2.75) is 50.5 Å². The Kier molecular flexibility index (Phi) is 5.84. The SMILES string of the molecule is NCCC(O)c1cccc(OCC2(C3C=Cc4ccccc43)CCCCC2)c1. The standard InChI is InChI=1S/C25H31NO2/c26-16-13-24(27)20-8-6-9-21(17-20)28-18-25(14-4-1-5-15-25)23-12-11-19-7-2-3-10-22(19)23/h2-3,6-12,17,23-24,27H,1,4-5,13-16,18,26H2. The number of aliphatic hydroxyl groups is 1.